The van der Waals surface area contributed by atoms with Crippen molar-refractivity contribution < 1.29 is 14.6 Å². The van der Waals surface area contributed by atoms with Crippen molar-refractivity contribution in [1.82, 2.24) is 0 Å². The van der Waals surface area contributed by atoms with Crippen LogP contribution in [0.1, 0.15) is 66.0 Å². The molecule has 0 aliphatic heterocycles. The van der Waals surface area contributed by atoms with E-state index in [0.29, 0.717) is 12.2 Å². The lowest BCUT2D eigenvalue weighted by molar-refractivity contribution is -0.213. The summed E-state index contributed by atoms with van der Waals surface area (Å²) in [7, 11) is 0. The van der Waals surface area contributed by atoms with Crippen molar-refractivity contribution >= 4 is 5.97 Å². The van der Waals surface area contributed by atoms with Gasteiger partial charge in [0.15, 0.2) is 5.75 Å². The standard InChI is InChI=1S/C17H26O3/c1-8-15(18)20-19-14-11-12(16(2,3)4)9-10-13(14)17(5,6)7/h9-11H,8H2,1-7H3. The molecular weight excluding hydrogens is 252 g/mol. The summed E-state index contributed by atoms with van der Waals surface area (Å²) in [6, 6.07) is 6.12. The molecule has 0 spiro atoms. The van der Waals surface area contributed by atoms with E-state index >= 15 is 0 Å². The molecule has 0 atom stereocenters. The summed E-state index contributed by atoms with van der Waals surface area (Å²) in [5, 5.41) is 0. The zero-order valence-electron chi connectivity index (χ0n) is 13.7. The number of rotatable bonds is 3. The Bertz CT molecular complexity index is 476. The Balaban J connectivity index is 3.17. The Hall–Kier alpha value is -1.51. The van der Waals surface area contributed by atoms with Crippen LogP contribution in [0.4, 0.5) is 0 Å². The Labute approximate surface area is 122 Å². The van der Waals surface area contributed by atoms with Crippen molar-refractivity contribution in [3.63, 3.8) is 0 Å². The average Bonchev–Trinajstić information content (AvgIpc) is 2.33. The number of hydrogen-bond acceptors (Lipinski definition) is 3. The molecule has 0 heterocycles. The molecule has 0 unspecified atom stereocenters. The summed E-state index contributed by atoms with van der Waals surface area (Å²) in [4.78, 5) is 21.4. The molecule has 0 aliphatic rings. The van der Waals surface area contributed by atoms with Crippen LogP contribution in [-0.4, -0.2) is 5.97 Å². The van der Waals surface area contributed by atoms with Gasteiger partial charge in [-0.2, -0.15) is 0 Å². The maximum absolute atomic E-state index is 11.3. The summed E-state index contributed by atoms with van der Waals surface area (Å²) in [6.07, 6.45) is 0.295. The van der Waals surface area contributed by atoms with Crippen LogP contribution in [0.15, 0.2) is 18.2 Å². The summed E-state index contributed by atoms with van der Waals surface area (Å²) in [5.74, 6) is 0.248. The third-order valence-corrected chi connectivity index (χ3v) is 3.17. The van der Waals surface area contributed by atoms with Gasteiger partial charge in [-0.1, -0.05) is 60.6 Å². The van der Waals surface area contributed by atoms with Gasteiger partial charge in [0, 0.05) is 12.0 Å². The van der Waals surface area contributed by atoms with Crippen LogP contribution in [0.3, 0.4) is 0 Å². The third-order valence-electron chi connectivity index (χ3n) is 3.17. The Morgan fingerprint density at radius 1 is 1.05 bits per heavy atom. The van der Waals surface area contributed by atoms with Gasteiger partial charge in [-0.25, -0.2) is 4.79 Å². The van der Waals surface area contributed by atoms with Crippen LogP contribution >= 0.6 is 0 Å². The fourth-order valence-electron chi connectivity index (χ4n) is 1.83. The van der Waals surface area contributed by atoms with Gasteiger partial charge in [-0.05, 0) is 22.5 Å². The van der Waals surface area contributed by atoms with Gasteiger partial charge in [0.25, 0.3) is 0 Å². The normalized spacial score (nSPS) is 12.2. The minimum atomic E-state index is -0.369. The fourth-order valence-corrected chi connectivity index (χ4v) is 1.83. The molecular formula is C17H26O3. The average molecular weight is 278 g/mol. The maximum Gasteiger partial charge on any atom is 0.355 e. The Morgan fingerprint density at radius 2 is 1.65 bits per heavy atom. The van der Waals surface area contributed by atoms with E-state index in [9.17, 15) is 4.79 Å². The van der Waals surface area contributed by atoms with E-state index in [4.69, 9.17) is 9.78 Å². The van der Waals surface area contributed by atoms with Gasteiger partial charge in [0.2, 0.25) is 0 Å². The first-order valence-corrected chi connectivity index (χ1v) is 7.08. The molecule has 1 aromatic rings. The summed E-state index contributed by atoms with van der Waals surface area (Å²) in [5.41, 5.74) is 2.11. The second kappa shape index (κ2) is 5.86. The first-order valence-electron chi connectivity index (χ1n) is 7.08. The third kappa shape index (κ3) is 4.26. The molecule has 1 rings (SSSR count). The van der Waals surface area contributed by atoms with Crippen LogP contribution < -0.4 is 4.89 Å². The molecule has 1 aromatic carbocycles. The highest BCUT2D eigenvalue weighted by Crippen LogP contribution is 2.35. The van der Waals surface area contributed by atoms with Crippen molar-refractivity contribution in [2.75, 3.05) is 0 Å². The second-order valence-electron chi connectivity index (χ2n) is 7.10. The van der Waals surface area contributed by atoms with Crippen LogP contribution in [0, 0.1) is 0 Å². The summed E-state index contributed by atoms with van der Waals surface area (Å²) < 4.78 is 0. The zero-order valence-corrected chi connectivity index (χ0v) is 13.7. The van der Waals surface area contributed by atoms with Crippen molar-refractivity contribution in [3.05, 3.63) is 29.3 Å². The molecule has 0 bridgehead atoms. The topological polar surface area (TPSA) is 35.5 Å². The van der Waals surface area contributed by atoms with Crippen molar-refractivity contribution in [1.29, 1.82) is 0 Å². The van der Waals surface area contributed by atoms with Crippen molar-refractivity contribution in [2.24, 2.45) is 0 Å². The van der Waals surface area contributed by atoms with Crippen LogP contribution in [0.5, 0.6) is 5.75 Å². The minimum Gasteiger partial charge on any atom is -0.287 e. The van der Waals surface area contributed by atoms with E-state index in [1.54, 1.807) is 6.92 Å². The smallest absolute Gasteiger partial charge is 0.287 e. The van der Waals surface area contributed by atoms with Crippen molar-refractivity contribution in [2.45, 2.75) is 65.7 Å². The highest BCUT2D eigenvalue weighted by Gasteiger charge is 2.23. The molecule has 0 N–H and O–H groups in total. The number of carbonyl (C=O) groups excluding carboxylic acids is 1. The first-order chi connectivity index (χ1) is 9.05. The van der Waals surface area contributed by atoms with Gasteiger partial charge >= 0.3 is 5.97 Å². The van der Waals surface area contributed by atoms with E-state index in [1.165, 1.54) is 0 Å². The van der Waals surface area contributed by atoms with Gasteiger partial charge in [-0.3, -0.25) is 9.78 Å². The predicted molar refractivity (Wildman–Crippen MR) is 80.9 cm³/mol. The lowest BCUT2D eigenvalue weighted by Gasteiger charge is -2.25. The van der Waals surface area contributed by atoms with Crippen molar-refractivity contribution in [3.8, 4) is 5.75 Å². The molecule has 0 aliphatic carbocycles. The summed E-state index contributed by atoms with van der Waals surface area (Å²) >= 11 is 0. The first kappa shape index (κ1) is 16.5. The molecule has 0 radical (unpaired) electrons. The van der Waals surface area contributed by atoms with E-state index in [-0.39, 0.29) is 16.8 Å². The Morgan fingerprint density at radius 3 is 2.10 bits per heavy atom. The monoisotopic (exact) mass is 278 g/mol. The van der Waals surface area contributed by atoms with Crippen LogP contribution in [0.2, 0.25) is 0 Å². The fraction of sp³-hybridized carbons (Fsp3) is 0.588. The summed E-state index contributed by atoms with van der Waals surface area (Å²) in [6.45, 7) is 14.5. The van der Waals surface area contributed by atoms with Gasteiger partial charge in [-0.15, -0.1) is 0 Å². The number of hydrogen-bond donors (Lipinski definition) is 0. The number of carbonyl (C=O) groups is 1. The van der Waals surface area contributed by atoms with E-state index in [0.717, 1.165) is 11.1 Å². The quantitative estimate of drug-likeness (QED) is 0.602. The highest BCUT2D eigenvalue weighted by atomic mass is 17.2. The van der Waals surface area contributed by atoms with Gasteiger partial charge < -0.3 is 0 Å². The van der Waals surface area contributed by atoms with Gasteiger partial charge in [0.1, 0.15) is 0 Å². The molecule has 0 amide bonds. The minimum absolute atomic E-state index is 0.0172. The zero-order chi connectivity index (χ0) is 15.6. The van der Waals surface area contributed by atoms with Gasteiger partial charge in [0.05, 0.1) is 0 Å². The molecule has 20 heavy (non-hydrogen) atoms. The molecule has 112 valence electrons. The lowest BCUT2D eigenvalue weighted by atomic mass is 9.81. The molecule has 0 saturated carbocycles. The van der Waals surface area contributed by atoms with E-state index in [1.807, 2.05) is 6.07 Å². The predicted octanol–water partition coefficient (Wildman–Crippen LogP) is 4.53. The van der Waals surface area contributed by atoms with Crippen LogP contribution in [0.25, 0.3) is 0 Å². The number of benzene rings is 1. The van der Waals surface area contributed by atoms with Crippen LogP contribution in [-0.2, 0) is 20.5 Å². The van der Waals surface area contributed by atoms with E-state index in [2.05, 4.69) is 53.7 Å². The lowest BCUT2D eigenvalue weighted by Crippen LogP contribution is -2.17. The van der Waals surface area contributed by atoms with E-state index < -0.39 is 0 Å². The maximum atomic E-state index is 11.3. The highest BCUT2D eigenvalue weighted by molar-refractivity contribution is 5.68. The molecule has 3 heteroatoms. The second-order valence-corrected chi connectivity index (χ2v) is 7.10. The SMILES string of the molecule is CCC(=O)OOc1cc(C(C)(C)C)ccc1C(C)(C)C. The molecule has 0 saturated heterocycles. The Kier molecular flexibility index (Phi) is 4.85. The molecule has 0 aromatic heterocycles. The molecule has 0 fully saturated rings. The largest absolute Gasteiger partial charge is 0.355 e. The molecule has 3 nitrogen and oxygen atoms in total.